The van der Waals surface area contributed by atoms with Gasteiger partial charge in [0.25, 0.3) is 0 Å². The highest BCUT2D eigenvalue weighted by Gasteiger charge is 2.31. The topological polar surface area (TPSA) is 17.1 Å². The third-order valence-electron chi connectivity index (χ3n) is 3.58. The maximum atomic E-state index is 13.8. The maximum absolute atomic E-state index is 13.8. The Kier molecular flexibility index (Phi) is 4.55. The smallest absolute Gasteiger partial charge is 0.183 e. The second-order valence-corrected chi connectivity index (χ2v) is 5.11. The highest BCUT2D eigenvalue weighted by atomic mass is 19.1. The van der Waals surface area contributed by atoms with Crippen molar-refractivity contribution >= 4 is 5.78 Å². The standard InChI is InChI=1S/C19H17FO/c1-3-19(2,14-13-15-9-5-4-6-10-15)18(21)16-11-7-8-12-17(16)20/h4-12H,3H2,1-2H3. The van der Waals surface area contributed by atoms with Crippen molar-refractivity contribution in [3.8, 4) is 11.8 Å². The lowest BCUT2D eigenvalue weighted by Crippen LogP contribution is -2.26. The second kappa shape index (κ2) is 6.37. The molecule has 0 N–H and O–H groups in total. The molecule has 1 nitrogen and oxygen atoms in total. The van der Waals surface area contributed by atoms with Crippen LogP contribution in [0.5, 0.6) is 0 Å². The molecule has 21 heavy (non-hydrogen) atoms. The minimum Gasteiger partial charge on any atom is -0.292 e. The lowest BCUT2D eigenvalue weighted by molar-refractivity contribution is 0.0870. The Morgan fingerprint density at radius 3 is 2.33 bits per heavy atom. The number of Topliss-reactive ketones (excluding diaryl/α,β-unsaturated/α-hetero) is 1. The zero-order chi connectivity index (χ0) is 15.3. The largest absolute Gasteiger partial charge is 0.292 e. The first-order valence-electron chi connectivity index (χ1n) is 6.94. The summed E-state index contributed by atoms with van der Waals surface area (Å²) >= 11 is 0. The van der Waals surface area contributed by atoms with Gasteiger partial charge in [0, 0.05) is 5.56 Å². The molecule has 0 bridgehead atoms. The van der Waals surface area contributed by atoms with Crippen LogP contribution in [-0.4, -0.2) is 5.78 Å². The van der Waals surface area contributed by atoms with Gasteiger partial charge in [-0.05, 0) is 37.6 Å². The van der Waals surface area contributed by atoms with Crippen LogP contribution in [0.25, 0.3) is 0 Å². The van der Waals surface area contributed by atoms with Gasteiger partial charge in [0.15, 0.2) is 5.78 Å². The minimum absolute atomic E-state index is 0.101. The Bertz CT molecular complexity index is 694. The normalized spacial score (nSPS) is 12.9. The monoisotopic (exact) mass is 280 g/mol. The highest BCUT2D eigenvalue weighted by Crippen LogP contribution is 2.27. The number of hydrogen-bond acceptors (Lipinski definition) is 1. The van der Waals surface area contributed by atoms with E-state index in [1.165, 1.54) is 12.1 Å². The Morgan fingerprint density at radius 1 is 1.10 bits per heavy atom. The van der Waals surface area contributed by atoms with Crippen molar-refractivity contribution in [2.75, 3.05) is 0 Å². The first-order valence-corrected chi connectivity index (χ1v) is 6.94. The van der Waals surface area contributed by atoms with Gasteiger partial charge in [-0.15, -0.1) is 0 Å². The van der Waals surface area contributed by atoms with Crippen LogP contribution < -0.4 is 0 Å². The van der Waals surface area contributed by atoms with E-state index in [9.17, 15) is 9.18 Å². The number of rotatable bonds is 3. The van der Waals surface area contributed by atoms with Gasteiger partial charge in [0.05, 0.1) is 11.0 Å². The highest BCUT2D eigenvalue weighted by molar-refractivity contribution is 6.02. The number of hydrogen-bond donors (Lipinski definition) is 0. The van der Waals surface area contributed by atoms with Crippen LogP contribution in [0.1, 0.15) is 36.2 Å². The fourth-order valence-electron chi connectivity index (χ4n) is 1.98. The summed E-state index contributed by atoms with van der Waals surface area (Å²) in [6.45, 7) is 3.65. The van der Waals surface area contributed by atoms with E-state index in [0.717, 1.165) is 5.56 Å². The van der Waals surface area contributed by atoms with Gasteiger partial charge in [0.2, 0.25) is 0 Å². The molecule has 106 valence electrons. The molecule has 0 spiro atoms. The van der Waals surface area contributed by atoms with E-state index in [1.54, 1.807) is 19.1 Å². The minimum atomic E-state index is -0.891. The van der Waals surface area contributed by atoms with Gasteiger partial charge in [-0.3, -0.25) is 4.79 Å². The lowest BCUT2D eigenvalue weighted by Gasteiger charge is -2.20. The van der Waals surface area contributed by atoms with Crippen molar-refractivity contribution in [1.82, 2.24) is 0 Å². The molecule has 2 rings (SSSR count). The third-order valence-corrected chi connectivity index (χ3v) is 3.58. The lowest BCUT2D eigenvalue weighted by atomic mass is 9.80. The molecule has 0 fully saturated rings. The molecule has 0 radical (unpaired) electrons. The molecule has 0 aliphatic heterocycles. The molecule has 1 unspecified atom stereocenters. The van der Waals surface area contributed by atoms with Gasteiger partial charge in [-0.1, -0.05) is 49.1 Å². The Morgan fingerprint density at radius 2 is 1.71 bits per heavy atom. The number of benzene rings is 2. The zero-order valence-electron chi connectivity index (χ0n) is 12.2. The second-order valence-electron chi connectivity index (χ2n) is 5.11. The average Bonchev–Trinajstić information content (AvgIpc) is 2.53. The first kappa shape index (κ1) is 15.0. The quantitative estimate of drug-likeness (QED) is 0.598. The van der Waals surface area contributed by atoms with Crippen LogP contribution in [0.4, 0.5) is 4.39 Å². The predicted octanol–water partition coefficient (Wildman–Crippen LogP) is 4.48. The summed E-state index contributed by atoms with van der Waals surface area (Å²) in [4.78, 5) is 12.6. The number of carbonyl (C=O) groups is 1. The summed E-state index contributed by atoms with van der Waals surface area (Å²) in [5.41, 5.74) is 0.0561. The Hall–Kier alpha value is -2.40. The summed E-state index contributed by atoms with van der Waals surface area (Å²) in [7, 11) is 0. The van der Waals surface area contributed by atoms with Gasteiger partial charge < -0.3 is 0 Å². The zero-order valence-corrected chi connectivity index (χ0v) is 12.2. The number of carbonyl (C=O) groups excluding carboxylic acids is 1. The van der Waals surface area contributed by atoms with Crippen LogP contribution >= 0.6 is 0 Å². The summed E-state index contributed by atoms with van der Waals surface area (Å²) in [5, 5.41) is 0. The summed E-state index contributed by atoms with van der Waals surface area (Å²) in [5.74, 6) is 5.27. The van der Waals surface area contributed by atoms with E-state index in [-0.39, 0.29) is 11.3 Å². The van der Waals surface area contributed by atoms with Crippen molar-refractivity contribution in [1.29, 1.82) is 0 Å². The van der Waals surface area contributed by atoms with Crippen molar-refractivity contribution in [2.45, 2.75) is 20.3 Å². The summed E-state index contributed by atoms with van der Waals surface area (Å²) < 4.78 is 13.8. The fraction of sp³-hybridized carbons (Fsp3) is 0.211. The molecular formula is C19H17FO. The van der Waals surface area contributed by atoms with E-state index in [4.69, 9.17) is 0 Å². The SMILES string of the molecule is CCC(C)(C#Cc1ccccc1)C(=O)c1ccccc1F. The molecule has 2 aromatic carbocycles. The maximum Gasteiger partial charge on any atom is 0.183 e. The van der Waals surface area contributed by atoms with Crippen molar-refractivity contribution < 1.29 is 9.18 Å². The van der Waals surface area contributed by atoms with Crippen LogP contribution in [0.2, 0.25) is 0 Å². The van der Waals surface area contributed by atoms with E-state index in [1.807, 2.05) is 37.3 Å². The molecule has 0 aliphatic carbocycles. The number of halogens is 1. The van der Waals surface area contributed by atoms with Crippen LogP contribution in [-0.2, 0) is 0 Å². The Balaban J connectivity index is 2.36. The fourth-order valence-corrected chi connectivity index (χ4v) is 1.98. The molecule has 0 saturated carbocycles. The molecule has 2 aromatic rings. The van der Waals surface area contributed by atoms with E-state index in [0.29, 0.717) is 6.42 Å². The van der Waals surface area contributed by atoms with Gasteiger partial charge in [-0.25, -0.2) is 4.39 Å². The predicted molar refractivity (Wildman–Crippen MR) is 82.4 cm³/mol. The molecular weight excluding hydrogens is 263 g/mol. The van der Waals surface area contributed by atoms with Gasteiger partial charge in [-0.2, -0.15) is 0 Å². The van der Waals surface area contributed by atoms with Gasteiger partial charge >= 0.3 is 0 Å². The summed E-state index contributed by atoms with van der Waals surface area (Å²) in [6.07, 6.45) is 0.528. The molecule has 1 atom stereocenters. The first-order chi connectivity index (χ1) is 10.1. The average molecular weight is 280 g/mol. The Labute approximate surface area is 124 Å². The van der Waals surface area contributed by atoms with E-state index < -0.39 is 11.2 Å². The van der Waals surface area contributed by atoms with Crippen molar-refractivity contribution in [3.63, 3.8) is 0 Å². The van der Waals surface area contributed by atoms with E-state index >= 15 is 0 Å². The molecule has 0 aliphatic rings. The summed E-state index contributed by atoms with van der Waals surface area (Å²) in [6, 6.07) is 15.5. The van der Waals surface area contributed by atoms with Crippen LogP contribution in [0.15, 0.2) is 54.6 Å². The van der Waals surface area contributed by atoms with Crippen LogP contribution in [0.3, 0.4) is 0 Å². The van der Waals surface area contributed by atoms with Gasteiger partial charge in [0.1, 0.15) is 5.82 Å². The van der Waals surface area contributed by atoms with Crippen molar-refractivity contribution in [2.24, 2.45) is 5.41 Å². The van der Waals surface area contributed by atoms with E-state index in [2.05, 4.69) is 11.8 Å². The third kappa shape index (κ3) is 3.38. The number of ketones is 1. The molecule has 0 amide bonds. The van der Waals surface area contributed by atoms with Crippen molar-refractivity contribution in [3.05, 3.63) is 71.5 Å². The van der Waals surface area contributed by atoms with Crippen LogP contribution in [0, 0.1) is 23.1 Å². The molecule has 0 saturated heterocycles. The molecule has 0 heterocycles. The molecule has 2 heteroatoms. The molecule has 0 aromatic heterocycles.